The summed E-state index contributed by atoms with van der Waals surface area (Å²) in [6.45, 7) is 2.21. The average molecular weight is 275 g/mol. The maximum atomic E-state index is 11.5. The molecular formula is C10H11BrO2S. The molecule has 0 spiro atoms. The molecule has 0 aliphatic rings. The third-order valence-corrected chi connectivity index (χ3v) is 2.93. The lowest BCUT2D eigenvalue weighted by Crippen LogP contribution is -2.05. The van der Waals surface area contributed by atoms with Gasteiger partial charge in [0.25, 0.3) is 0 Å². The van der Waals surface area contributed by atoms with Crippen LogP contribution in [0.25, 0.3) is 0 Å². The van der Waals surface area contributed by atoms with Gasteiger partial charge >= 0.3 is 5.97 Å². The Morgan fingerprint density at radius 1 is 1.57 bits per heavy atom. The molecule has 0 aliphatic heterocycles. The molecule has 2 nitrogen and oxygen atoms in total. The first kappa shape index (κ1) is 11.6. The topological polar surface area (TPSA) is 26.3 Å². The molecule has 0 unspecified atom stereocenters. The summed E-state index contributed by atoms with van der Waals surface area (Å²) in [4.78, 5) is 12.4. The van der Waals surface area contributed by atoms with Gasteiger partial charge in [-0.25, -0.2) is 4.79 Å². The molecule has 0 radical (unpaired) electrons. The van der Waals surface area contributed by atoms with Crippen LogP contribution in [0.3, 0.4) is 0 Å². The summed E-state index contributed by atoms with van der Waals surface area (Å²) in [6.07, 6.45) is 1.94. The predicted octanol–water partition coefficient (Wildman–Crippen LogP) is 3.35. The average Bonchev–Trinajstić information content (AvgIpc) is 2.17. The van der Waals surface area contributed by atoms with Crippen molar-refractivity contribution in [1.82, 2.24) is 0 Å². The van der Waals surface area contributed by atoms with Crippen molar-refractivity contribution >= 4 is 33.7 Å². The standard InChI is InChI=1S/C10H11BrO2S/c1-3-13-10(12)8-5-4-7(11)6-9(8)14-2/h4-6H,3H2,1-2H3. The third kappa shape index (κ3) is 2.75. The van der Waals surface area contributed by atoms with Crippen molar-refractivity contribution < 1.29 is 9.53 Å². The quantitative estimate of drug-likeness (QED) is 0.625. The van der Waals surface area contributed by atoms with Gasteiger partial charge in [-0.1, -0.05) is 15.9 Å². The maximum absolute atomic E-state index is 11.5. The van der Waals surface area contributed by atoms with E-state index in [0.29, 0.717) is 12.2 Å². The largest absolute Gasteiger partial charge is 0.462 e. The highest BCUT2D eigenvalue weighted by Gasteiger charge is 2.11. The van der Waals surface area contributed by atoms with Crippen LogP contribution in [0.4, 0.5) is 0 Å². The molecule has 0 aromatic heterocycles. The van der Waals surface area contributed by atoms with E-state index < -0.39 is 0 Å². The molecule has 0 bridgehead atoms. The Morgan fingerprint density at radius 3 is 2.86 bits per heavy atom. The van der Waals surface area contributed by atoms with Gasteiger partial charge in [0.05, 0.1) is 12.2 Å². The highest BCUT2D eigenvalue weighted by atomic mass is 79.9. The van der Waals surface area contributed by atoms with Gasteiger partial charge in [0, 0.05) is 9.37 Å². The Bertz CT molecular complexity index is 339. The zero-order chi connectivity index (χ0) is 10.6. The second-order valence-electron chi connectivity index (χ2n) is 2.57. The van der Waals surface area contributed by atoms with Gasteiger partial charge in [0.1, 0.15) is 0 Å². The van der Waals surface area contributed by atoms with E-state index in [2.05, 4.69) is 15.9 Å². The van der Waals surface area contributed by atoms with Gasteiger partial charge in [-0.15, -0.1) is 11.8 Å². The van der Waals surface area contributed by atoms with E-state index in [9.17, 15) is 4.79 Å². The van der Waals surface area contributed by atoms with Gasteiger partial charge in [0.2, 0.25) is 0 Å². The Balaban J connectivity index is 3.01. The molecule has 0 heterocycles. The van der Waals surface area contributed by atoms with Crippen molar-refractivity contribution in [3.8, 4) is 0 Å². The Kier molecular flexibility index (Phi) is 4.48. The fourth-order valence-corrected chi connectivity index (χ4v) is 2.17. The number of benzene rings is 1. The fourth-order valence-electron chi connectivity index (χ4n) is 1.04. The van der Waals surface area contributed by atoms with E-state index in [1.54, 1.807) is 13.0 Å². The van der Waals surface area contributed by atoms with Crippen molar-refractivity contribution in [3.05, 3.63) is 28.2 Å². The maximum Gasteiger partial charge on any atom is 0.339 e. The number of esters is 1. The summed E-state index contributed by atoms with van der Waals surface area (Å²) in [5.41, 5.74) is 0.627. The van der Waals surface area contributed by atoms with Crippen LogP contribution in [0, 0.1) is 0 Å². The Hall–Kier alpha value is -0.480. The molecule has 0 saturated carbocycles. The summed E-state index contributed by atoms with van der Waals surface area (Å²) in [5, 5.41) is 0. The van der Waals surface area contributed by atoms with Crippen molar-refractivity contribution in [2.24, 2.45) is 0 Å². The summed E-state index contributed by atoms with van der Waals surface area (Å²) >= 11 is 4.89. The van der Waals surface area contributed by atoms with Crippen LogP contribution in [0.5, 0.6) is 0 Å². The molecule has 0 amide bonds. The van der Waals surface area contributed by atoms with E-state index >= 15 is 0 Å². The van der Waals surface area contributed by atoms with Gasteiger partial charge in [-0.05, 0) is 31.4 Å². The highest BCUT2D eigenvalue weighted by Crippen LogP contribution is 2.25. The first-order valence-corrected chi connectivity index (χ1v) is 6.21. The Labute approximate surface area is 96.2 Å². The number of hydrogen-bond donors (Lipinski definition) is 0. The van der Waals surface area contributed by atoms with Crippen LogP contribution in [0.1, 0.15) is 17.3 Å². The first-order valence-electron chi connectivity index (χ1n) is 4.19. The minimum atomic E-state index is -0.260. The van der Waals surface area contributed by atoms with E-state index in [1.165, 1.54) is 11.8 Å². The molecule has 0 N–H and O–H groups in total. The lowest BCUT2D eigenvalue weighted by atomic mass is 10.2. The van der Waals surface area contributed by atoms with Crippen LogP contribution in [0.2, 0.25) is 0 Å². The molecular weight excluding hydrogens is 264 g/mol. The van der Waals surface area contributed by atoms with Crippen molar-refractivity contribution in [1.29, 1.82) is 0 Å². The van der Waals surface area contributed by atoms with Gasteiger partial charge in [-0.2, -0.15) is 0 Å². The molecule has 0 saturated heterocycles. The molecule has 76 valence electrons. The van der Waals surface area contributed by atoms with Crippen molar-refractivity contribution in [2.75, 3.05) is 12.9 Å². The van der Waals surface area contributed by atoms with E-state index in [1.807, 2.05) is 18.4 Å². The number of carbonyl (C=O) groups excluding carboxylic acids is 1. The first-order chi connectivity index (χ1) is 6.69. The van der Waals surface area contributed by atoms with Crippen LogP contribution >= 0.6 is 27.7 Å². The van der Waals surface area contributed by atoms with E-state index in [4.69, 9.17) is 4.74 Å². The second-order valence-corrected chi connectivity index (χ2v) is 4.33. The smallest absolute Gasteiger partial charge is 0.339 e. The zero-order valence-electron chi connectivity index (χ0n) is 8.04. The normalized spacial score (nSPS) is 9.93. The monoisotopic (exact) mass is 274 g/mol. The van der Waals surface area contributed by atoms with Crippen LogP contribution in [-0.4, -0.2) is 18.8 Å². The highest BCUT2D eigenvalue weighted by molar-refractivity contribution is 9.10. The molecule has 4 heteroatoms. The summed E-state index contributed by atoms with van der Waals surface area (Å²) in [5.74, 6) is -0.260. The fraction of sp³-hybridized carbons (Fsp3) is 0.300. The zero-order valence-corrected chi connectivity index (χ0v) is 10.4. The Morgan fingerprint density at radius 2 is 2.29 bits per heavy atom. The number of rotatable bonds is 3. The lowest BCUT2D eigenvalue weighted by Gasteiger charge is -2.06. The van der Waals surface area contributed by atoms with E-state index in [0.717, 1.165) is 9.37 Å². The molecule has 0 fully saturated rings. The SMILES string of the molecule is CCOC(=O)c1ccc(Br)cc1SC. The van der Waals surface area contributed by atoms with Crippen LogP contribution in [0.15, 0.2) is 27.6 Å². The molecule has 1 aromatic carbocycles. The lowest BCUT2D eigenvalue weighted by molar-refractivity contribution is 0.0522. The minimum Gasteiger partial charge on any atom is -0.462 e. The summed E-state index contributed by atoms with van der Waals surface area (Å²) < 4.78 is 5.91. The number of thioether (sulfide) groups is 1. The number of hydrogen-bond acceptors (Lipinski definition) is 3. The summed E-state index contributed by atoms with van der Waals surface area (Å²) in [6, 6.07) is 5.52. The predicted molar refractivity (Wildman–Crippen MR) is 61.9 cm³/mol. The molecule has 1 aromatic rings. The number of ether oxygens (including phenoxy) is 1. The van der Waals surface area contributed by atoms with Crippen LogP contribution < -0.4 is 0 Å². The van der Waals surface area contributed by atoms with Gasteiger partial charge < -0.3 is 4.74 Å². The van der Waals surface area contributed by atoms with E-state index in [-0.39, 0.29) is 5.97 Å². The number of carbonyl (C=O) groups is 1. The third-order valence-electron chi connectivity index (χ3n) is 1.66. The van der Waals surface area contributed by atoms with Gasteiger partial charge in [0.15, 0.2) is 0 Å². The number of halogens is 1. The second kappa shape index (κ2) is 5.41. The molecule has 14 heavy (non-hydrogen) atoms. The van der Waals surface area contributed by atoms with Crippen LogP contribution in [-0.2, 0) is 4.74 Å². The van der Waals surface area contributed by atoms with Crippen molar-refractivity contribution in [3.63, 3.8) is 0 Å². The summed E-state index contributed by atoms with van der Waals surface area (Å²) in [7, 11) is 0. The molecule has 0 aliphatic carbocycles. The van der Waals surface area contributed by atoms with Gasteiger partial charge in [-0.3, -0.25) is 0 Å². The molecule has 1 rings (SSSR count). The molecule has 0 atom stereocenters. The van der Waals surface area contributed by atoms with Crippen molar-refractivity contribution in [2.45, 2.75) is 11.8 Å². The minimum absolute atomic E-state index is 0.260.